The zero-order valence-corrected chi connectivity index (χ0v) is 23.0. The summed E-state index contributed by atoms with van der Waals surface area (Å²) in [6.45, 7) is 9.70. The topological polar surface area (TPSA) is 140 Å². The molecule has 3 rings (SSSR count). The highest BCUT2D eigenvalue weighted by Gasteiger charge is 2.35. The molecule has 0 aliphatic heterocycles. The predicted octanol–water partition coefficient (Wildman–Crippen LogP) is 4.46. The normalized spacial score (nSPS) is 14.8. The summed E-state index contributed by atoms with van der Waals surface area (Å²) in [5.41, 5.74) is 3.44. The molecule has 0 unspecified atom stereocenters. The van der Waals surface area contributed by atoms with Crippen molar-refractivity contribution < 1.29 is 38.5 Å². The summed E-state index contributed by atoms with van der Waals surface area (Å²) >= 11 is 0. The Morgan fingerprint density at radius 1 is 0.846 bits per heavy atom. The largest absolute Gasteiger partial charge is 0.480 e. The monoisotopic (exact) mass is 540 g/mol. The third-order valence-corrected chi connectivity index (χ3v) is 6.25. The minimum absolute atomic E-state index is 0.0665. The molecule has 2 aromatic carbocycles. The number of rotatable bonds is 9. The molecule has 0 heterocycles. The van der Waals surface area contributed by atoms with Gasteiger partial charge in [-0.3, -0.25) is 0 Å². The zero-order chi connectivity index (χ0) is 28.9. The van der Waals surface area contributed by atoms with Gasteiger partial charge in [0.15, 0.2) is 6.04 Å². The number of esters is 1. The number of hydrogen-bond acceptors (Lipinski definition) is 7. The van der Waals surface area contributed by atoms with Gasteiger partial charge in [-0.1, -0.05) is 62.4 Å². The SMILES string of the molecule is CC(C)[C@H](NC(=O)OCC1c2ccccc2-c2ccccc21)C(=O)O[C@@H](C)[C@H](NC(=O)OC(C)(C)C)C(=O)O. The van der Waals surface area contributed by atoms with Gasteiger partial charge in [0.25, 0.3) is 0 Å². The van der Waals surface area contributed by atoms with Gasteiger partial charge >= 0.3 is 24.1 Å². The predicted molar refractivity (Wildman–Crippen MR) is 143 cm³/mol. The summed E-state index contributed by atoms with van der Waals surface area (Å²) in [6, 6.07) is 13.2. The quantitative estimate of drug-likeness (QED) is 0.313. The minimum Gasteiger partial charge on any atom is -0.480 e. The number of carbonyl (C=O) groups is 4. The van der Waals surface area contributed by atoms with E-state index in [0.717, 1.165) is 22.3 Å². The fraction of sp³-hybridized carbons (Fsp3) is 0.448. The summed E-state index contributed by atoms with van der Waals surface area (Å²) in [5, 5.41) is 14.3. The Balaban J connectivity index is 1.62. The van der Waals surface area contributed by atoms with Crippen molar-refractivity contribution in [2.24, 2.45) is 5.92 Å². The van der Waals surface area contributed by atoms with Gasteiger partial charge in [0.1, 0.15) is 24.4 Å². The average molecular weight is 541 g/mol. The molecule has 39 heavy (non-hydrogen) atoms. The number of carboxylic acid groups (broad SMARTS) is 1. The maximum absolute atomic E-state index is 12.9. The number of aliphatic carboxylic acids is 1. The van der Waals surface area contributed by atoms with Crippen LogP contribution in [-0.4, -0.2) is 59.6 Å². The first kappa shape index (κ1) is 29.5. The standard InChI is InChI=1S/C29H36N2O8/c1-16(2)23(26(34)38-17(3)24(25(32)33)31-28(36)39-29(4,5)6)30-27(35)37-15-22-20-13-9-7-11-18(20)19-12-8-10-14-21(19)22/h7-14,16-17,22-24H,15H2,1-6H3,(H,30,35)(H,31,36)(H,32,33)/t17-,23-,24-/m0/s1. The Morgan fingerprint density at radius 2 is 1.36 bits per heavy atom. The van der Waals surface area contributed by atoms with Crippen molar-refractivity contribution in [3.63, 3.8) is 0 Å². The number of hydrogen-bond donors (Lipinski definition) is 3. The van der Waals surface area contributed by atoms with E-state index in [1.165, 1.54) is 6.92 Å². The van der Waals surface area contributed by atoms with Crippen molar-refractivity contribution in [1.29, 1.82) is 0 Å². The number of nitrogens with one attached hydrogen (secondary N) is 2. The third kappa shape index (κ3) is 7.49. The van der Waals surface area contributed by atoms with Crippen LogP contribution in [0.1, 0.15) is 58.6 Å². The molecule has 0 bridgehead atoms. The number of fused-ring (bicyclic) bond motifs is 3. The second kappa shape index (κ2) is 12.2. The molecule has 0 radical (unpaired) electrons. The van der Waals surface area contributed by atoms with Crippen molar-refractivity contribution in [3.8, 4) is 11.1 Å². The zero-order valence-electron chi connectivity index (χ0n) is 23.0. The fourth-order valence-corrected chi connectivity index (χ4v) is 4.40. The van der Waals surface area contributed by atoms with Crippen molar-refractivity contribution in [2.45, 2.75) is 71.2 Å². The molecule has 2 amide bonds. The highest BCUT2D eigenvalue weighted by Crippen LogP contribution is 2.44. The summed E-state index contributed by atoms with van der Waals surface area (Å²) < 4.78 is 16.0. The molecular formula is C29H36N2O8. The van der Waals surface area contributed by atoms with Gasteiger partial charge in [-0.05, 0) is 55.9 Å². The van der Waals surface area contributed by atoms with Crippen LogP contribution in [0.25, 0.3) is 11.1 Å². The minimum atomic E-state index is -1.56. The average Bonchev–Trinajstić information content (AvgIpc) is 3.16. The Hall–Kier alpha value is -4.08. The van der Waals surface area contributed by atoms with E-state index in [9.17, 15) is 24.3 Å². The number of alkyl carbamates (subject to hydrolysis) is 2. The Bertz CT molecular complexity index is 1170. The Kier molecular flexibility index (Phi) is 9.21. The van der Waals surface area contributed by atoms with Crippen molar-refractivity contribution in [1.82, 2.24) is 10.6 Å². The first-order chi connectivity index (χ1) is 18.3. The Labute approximate surface area is 228 Å². The smallest absolute Gasteiger partial charge is 0.408 e. The van der Waals surface area contributed by atoms with E-state index in [-0.39, 0.29) is 12.5 Å². The molecule has 1 aliphatic rings. The van der Waals surface area contributed by atoms with Crippen LogP contribution in [0, 0.1) is 5.92 Å². The number of benzene rings is 2. The van der Waals surface area contributed by atoms with Crippen molar-refractivity contribution >= 4 is 24.1 Å². The van der Waals surface area contributed by atoms with Gasteiger partial charge in [-0.15, -0.1) is 0 Å². The first-order valence-corrected chi connectivity index (χ1v) is 12.8. The highest BCUT2D eigenvalue weighted by atomic mass is 16.6. The van der Waals surface area contributed by atoms with Crippen LogP contribution in [-0.2, 0) is 23.8 Å². The third-order valence-electron chi connectivity index (χ3n) is 6.25. The molecule has 0 fully saturated rings. The molecule has 0 spiro atoms. The molecular weight excluding hydrogens is 504 g/mol. The lowest BCUT2D eigenvalue weighted by Crippen LogP contribution is -2.53. The molecule has 10 heteroatoms. The first-order valence-electron chi connectivity index (χ1n) is 12.8. The van der Waals surface area contributed by atoms with Crippen LogP contribution in [0.2, 0.25) is 0 Å². The van der Waals surface area contributed by atoms with E-state index < -0.39 is 53.8 Å². The van der Waals surface area contributed by atoms with E-state index >= 15 is 0 Å². The highest BCUT2D eigenvalue weighted by molar-refractivity contribution is 5.84. The molecule has 2 aromatic rings. The van der Waals surface area contributed by atoms with E-state index in [4.69, 9.17) is 14.2 Å². The number of carbonyl (C=O) groups excluding carboxylic acids is 3. The van der Waals surface area contributed by atoms with Crippen molar-refractivity contribution in [3.05, 3.63) is 59.7 Å². The van der Waals surface area contributed by atoms with Gasteiger partial charge in [0.05, 0.1) is 0 Å². The molecule has 0 aromatic heterocycles. The number of carboxylic acids is 1. The van der Waals surface area contributed by atoms with Crippen LogP contribution in [0.4, 0.5) is 9.59 Å². The molecule has 210 valence electrons. The van der Waals surface area contributed by atoms with Crippen molar-refractivity contribution in [2.75, 3.05) is 6.61 Å². The lowest BCUT2D eigenvalue weighted by Gasteiger charge is -2.27. The second-order valence-corrected chi connectivity index (χ2v) is 10.8. The Morgan fingerprint density at radius 3 is 1.85 bits per heavy atom. The molecule has 0 saturated carbocycles. The van der Waals surface area contributed by atoms with Gasteiger partial charge in [0, 0.05) is 5.92 Å². The van der Waals surface area contributed by atoms with E-state index in [1.807, 2.05) is 48.5 Å². The molecule has 3 N–H and O–H groups in total. The van der Waals surface area contributed by atoms with Gasteiger partial charge in [0.2, 0.25) is 0 Å². The van der Waals surface area contributed by atoms with Crippen LogP contribution >= 0.6 is 0 Å². The fourth-order valence-electron chi connectivity index (χ4n) is 4.40. The maximum Gasteiger partial charge on any atom is 0.408 e. The van der Waals surface area contributed by atoms with E-state index in [1.54, 1.807) is 34.6 Å². The van der Waals surface area contributed by atoms with Crippen LogP contribution in [0.5, 0.6) is 0 Å². The summed E-state index contributed by atoms with van der Waals surface area (Å²) in [6.07, 6.45) is -3.02. The molecule has 0 saturated heterocycles. The van der Waals surface area contributed by atoms with Gasteiger partial charge < -0.3 is 30.0 Å². The lowest BCUT2D eigenvalue weighted by atomic mass is 9.98. The number of amides is 2. The maximum atomic E-state index is 12.9. The number of ether oxygens (including phenoxy) is 3. The molecule has 3 atom stereocenters. The van der Waals surface area contributed by atoms with Crippen LogP contribution in [0.3, 0.4) is 0 Å². The summed E-state index contributed by atoms with van der Waals surface area (Å²) in [4.78, 5) is 49.5. The lowest BCUT2D eigenvalue weighted by molar-refractivity contribution is -0.157. The van der Waals surface area contributed by atoms with Crippen LogP contribution in [0.15, 0.2) is 48.5 Å². The summed E-state index contributed by atoms with van der Waals surface area (Å²) in [7, 11) is 0. The van der Waals surface area contributed by atoms with Gasteiger partial charge in [-0.25, -0.2) is 19.2 Å². The molecule has 10 nitrogen and oxygen atoms in total. The van der Waals surface area contributed by atoms with E-state index in [0.29, 0.717) is 0 Å². The van der Waals surface area contributed by atoms with Gasteiger partial charge in [-0.2, -0.15) is 0 Å². The van der Waals surface area contributed by atoms with Crippen LogP contribution < -0.4 is 10.6 Å². The molecule has 1 aliphatic carbocycles. The second-order valence-electron chi connectivity index (χ2n) is 10.8. The summed E-state index contributed by atoms with van der Waals surface area (Å²) in [5.74, 6) is -2.81. The van der Waals surface area contributed by atoms with E-state index in [2.05, 4.69) is 10.6 Å².